The molecule has 90 valence electrons. The molecule has 1 aliphatic heterocycles. The molecule has 0 saturated carbocycles. The third-order valence-corrected chi connectivity index (χ3v) is 3.10. The van der Waals surface area contributed by atoms with E-state index >= 15 is 0 Å². The standard InChI is InChI=1S/C10H19N5O/c1-13-3-4-15(7-10(13)8-16)6-9-5-11-14(2)12-9/h5,10,16H,3-4,6-8H2,1-2H3. The normalized spacial score (nSPS) is 23.8. The Hall–Kier alpha value is -0.980. The van der Waals surface area contributed by atoms with Gasteiger partial charge in [0.2, 0.25) is 0 Å². The summed E-state index contributed by atoms with van der Waals surface area (Å²) in [7, 11) is 3.88. The minimum absolute atomic E-state index is 0.216. The number of likely N-dealkylation sites (N-methyl/N-ethyl adjacent to an activating group) is 1. The van der Waals surface area contributed by atoms with Crippen LogP contribution in [-0.2, 0) is 13.6 Å². The van der Waals surface area contributed by atoms with Crippen molar-refractivity contribution in [1.29, 1.82) is 0 Å². The van der Waals surface area contributed by atoms with E-state index in [4.69, 9.17) is 0 Å². The second kappa shape index (κ2) is 4.90. The molecule has 0 aromatic carbocycles. The van der Waals surface area contributed by atoms with Crippen LogP contribution in [0, 0.1) is 0 Å². The third kappa shape index (κ3) is 2.58. The molecule has 0 bridgehead atoms. The van der Waals surface area contributed by atoms with Gasteiger partial charge < -0.3 is 5.11 Å². The highest BCUT2D eigenvalue weighted by molar-refractivity contribution is 4.92. The van der Waals surface area contributed by atoms with Gasteiger partial charge in [0.1, 0.15) is 0 Å². The summed E-state index contributed by atoms with van der Waals surface area (Å²) in [5.74, 6) is 0. The molecule has 0 spiro atoms. The molecule has 0 radical (unpaired) electrons. The lowest BCUT2D eigenvalue weighted by Gasteiger charge is -2.38. The Bertz CT molecular complexity index is 340. The van der Waals surface area contributed by atoms with Gasteiger partial charge in [-0.15, -0.1) is 0 Å². The molecule has 2 rings (SSSR count). The molecule has 1 aliphatic rings. The fraction of sp³-hybridized carbons (Fsp3) is 0.800. The zero-order valence-corrected chi connectivity index (χ0v) is 9.87. The van der Waals surface area contributed by atoms with Gasteiger partial charge in [0.25, 0.3) is 0 Å². The topological polar surface area (TPSA) is 57.4 Å². The number of aliphatic hydroxyl groups is 1. The van der Waals surface area contributed by atoms with E-state index in [0.29, 0.717) is 0 Å². The van der Waals surface area contributed by atoms with Crippen LogP contribution in [0.15, 0.2) is 6.20 Å². The fourth-order valence-electron chi connectivity index (χ4n) is 2.04. The highest BCUT2D eigenvalue weighted by atomic mass is 16.3. The first-order valence-corrected chi connectivity index (χ1v) is 5.57. The van der Waals surface area contributed by atoms with Gasteiger partial charge in [-0.05, 0) is 7.05 Å². The monoisotopic (exact) mass is 225 g/mol. The van der Waals surface area contributed by atoms with Crippen LogP contribution in [-0.4, -0.2) is 69.2 Å². The fourth-order valence-corrected chi connectivity index (χ4v) is 2.04. The van der Waals surface area contributed by atoms with Crippen molar-refractivity contribution < 1.29 is 5.11 Å². The molecule has 1 saturated heterocycles. The van der Waals surface area contributed by atoms with Crippen LogP contribution in [0.2, 0.25) is 0 Å². The van der Waals surface area contributed by atoms with Crippen molar-refractivity contribution in [1.82, 2.24) is 24.8 Å². The second-order valence-corrected chi connectivity index (χ2v) is 4.38. The molecule has 1 fully saturated rings. The molecule has 6 nitrogen and oxygen atoms in total. The molecule has 1 aromatic rings. The Morgan fingerprint density at radius 2 is 2.25 bits per heavy atom. The van der Waals surface area contributed by atoms with E-state index in [9.17, 15) is 5.11 Å². The van der Waals surface area contributed by atoms with Crippen molar-refractivity contribution in [3.63, 3.8) is 0 Å². The van der Waals surface area contributed by atoms with E-state index in [1.165, 1.54) is 0 Å². The van der Waals surface area contributed by atoms with E-state index in [1.807, 2.05) is 7.05 Å². The Labute approximate surface area is 95.5 Å². The first kappa shape index (κ1) is 11.5. The van der Waals surface area contributed by atoms with Crippen LogP contribution in [0.4, 0.5) is 0 Å². The highest BCUT2D eigenvalue weighted by Gasteiger charge is 2.23. The Kier molecular flexibility index (Phi) is 3.52. The van der Waals surface area contributed by atoms with Crippen LogP contribution in [0.1, 0.15) is 5.69 Å². The summed E-state index contributed by atoms with van der Waals surface area (Å²) in [4.78, 5) is 6.09. The molecular formula is C10H19N5O. The number of nitrogens with zero attached hydrogens (tertiary/aromatic N) is 5. The van der Waals surface area contributed by atoms with Crippen molar-refractivity contribution in [3.05, 3.63) is 11.9 Å². The third-order valence-electron chi connectivity index (χ3n) is 3.10. The number of aromatic nitrogens is 3. The zero-order valence-electron chi connectivity index (χ0n) is 9.87. The molecule has 16 heavy (non-hydrogen) atoms. The van der Waals surface area contributed by atoms with Crippen LogP contribution >= 0.6 is 0 Å². The maximum atomic E-state index is 9.25. The van der Waals surface area contributed by atoms with Crippen molar-refractivity contribution in [2.45, 2.75) is 12.6 Å². The van der Waals surface area contributed by atoms with Gasteiger partial charge in [-0.25, -0.2) is 0 Å². The van der Waals surface area contributed by atoms with Gasteiger partial charge in [-0.2, -0.15) is 15.0 Å². The quantitative estimate of drug-likeness (QED) is 0.709. The van der Waals surface area contributed by atoms with E-state index in [2.05, 4.69) is 27.0 Å². The molecule has 1 N–H and O–H groups in total. The summed E-state index contributed by atoms with van der Waals surface area (Å²) in [5, 5.41) is 17.6. The van der Waals surface area contributed by atoms with Gasteiger partial charge >= 0.3 is 0 Å². The lowest BCUT2D eigenvalue weighted by Crippen LogP contribution is -2.52. The lowest BCUT2D eigenvalue weighted by atomic mass is 10.2. The second-order valence-electron chi connectivity index (χ2n) is 4.38. The van der Waals surface area contributed by atoms with E-state index in [0.717, 1.165) is 31.9 Å². The Morgan fingerprint density at radius 1 is 1.44 bits per heavy atom. The Morgan fingerprint density at radius 3 is 2.88 bits per heavy atom. The van der Waals surface area contributed by atoms with Crippen LogP contribution < -0.4 is 0 Å². The van der Waals surface area contributed by atoms with Crippen molar-refractivity contribution in [3.8, 4) is 0 Å². The zero-order chi connectivity index (χ0) is 11.5. The lowest BCUT2D eigenvalue weighted by molar-refractivity contribution is 0.0533. The molecule has 6 heteroatoms. The smallest absolute Gasteiger partial charge is 0.0967 e. The predicted octanol–water partition coefficient (Wildman–Crippen LogP) is -1.08. The van der Waals surface area contributed by atoms with Crippen molar-refractivity contribution in [2.24, 2.45) is 7.05 Å². The summed E-state index contributed by atoms with van der Waals surface area (Å²) in [6.45, 7) is 3.93. The van der Waals surface area contributed by atoms with Crippen molar-refractivity contribution >= 4 is 0 Å². The summed E-state index contributed by atoms with van der Waals surface area (Å²) < 4.78 is 0. The van der Waals surface area contributed by atoms with Gasteiger partial charge in [-0.1, -0.05) is 0 Å². The minimum Gasteiger partial charge on any atom is -0.395 e. The predicted molar refractivity (Wildman–Crippen MR) is 59.8 cm³/mol. The van der Waals surface area contributed by atoms with Gasteiger partial charge in [0.05, 0.1) is 18.5 Å². The molecule has 0 amide bonds. The average Bonchev–Trinajstić information content (AvgIpc) is 2.67. The summed E-state index contributed by atoms with van der Waals surface area (Å²) in [6.07, 6.45) is 1.80. The number of rotatable bonds is 3. The maximum absolute atomic E-state index is 9.25. The van der Waals surface area contributed by atoms with Gasteiger partial charge in [0, 0.05) is 39.3 Å². The molecular weight excluding hydrogens is 206 g/mol. The number of piperazine rings is 1. The average molecular weight is 225 g/mol. The highest BCUT2D eigenvalue weighted by Crippen LogP contribution is 2.09. The summed E-state index contributed by atoms with van der Waals surface area (Å²) in [6, 6.07) is 0.241. The minimum atomic E-state index is 0.216. The van der Waals surface area contributed by atoms with Crippen molar-refractivity contribution in [2.75, 3.05) is 33.3 Å². The largest absolute Gasteiger partial charge is 0.395 e. The van der Waals surface area contributed by atoms with E-state index in [-0.39, 0.29) is 12.6 Å². The maximum Gasteiger partial charge on any atom is 0.0967 e. The Balaban J connectivity index is 1.91. The van der Waals surface area contributed by atoms with Crippen LogP contribution in [0.25, 0.3) is 0 Å². The summed E-state index contributed by atoms with van der Waals surface area (Å²) in [5.41, 5.74) is 0.990. The van der Waals surface area contributed by atoms with Gasteiger partial charge in [0.15, 0.2) is 0 Å². The van der Waals surface area contributed by atoms with Crippen LogP contribution in [0.5, 0.6) is 0 Å². The first-order valence-electron chi connectivity index (χ1n) is 5.57. The number of aliphatic hydroxyl groups excluding tert-OH is 1. The number of hydrogen-bond acceptors (Lipinski definition) is 5. The van der Waals surface area contributed by atoms with Crippen LogP contribution in [0.3, 0.4) is 0 Å². The molecule has 1 unspecified atom stereocenters. The first-order chi connectivity index (χ1) is 7.69. The number of hydrogen-bond donors (Lipinski definition) is 1. The SMILES string of the molecule is CN1CCN(Cc2cnn(C)n2)CC1CO. The molecule has 2 heterocycles. The number of aryl methyl sites for hydroxylation is 1. The molecule has 1 aromatic heterocycles. The summed E-state index contributed by atoms with van der Waals surface area (Å²) >= 11 is 0. The van der Waals surface area contributed by atoms with E-state index < -0.39 is 0 Å². The van der Waals surface area contributed by atoms with Gasteiger partial charge in [-0.3, -0.25) is 9.80 Å². The van der Waals surface area contributed by atoms with E-state index in [1.54, 1.807) is 11.0 Å². The molecule has 0 aliphatic carbocycles. The molecule has 1 atom stereocenters.